The van der Waals surface area contributed by atoms with Gasteiger partial charge in [0, 0.05) is 18.2 Å². The second kappa shape index (κ2) is 8.76. The molecule has 0 N–H and O–H groups in total. The molecule has 0 atom stereocenters. The molecule has 0 heterocycles. The smallest absolute Gasteiger partial charge is 0.266 e. The van der Waals surface area contributed by atoms with E-state index >= 15 is 0 Å². The summed E-state index contributed by atoms with van der Waals surface area (Å²) in [6.45, 7) is 2.09. The minimum atomic E-state index is -3.96. The van der Waals surface area contributed by atoms with E-state index in [4.69, 9.17) is 21.1 Å². The van der Waals surface area contributed by atoms with Crippen LogP contribution in [0.25, 0.3) is 0 Å². The van der Waals surface area contributed by atoms with E-state index in [2.05, 4.69) is 0 Å². The maximum absolute atomic E-state index is 13.6. The van der Waals surface area contributed by atoms with Crippen LogP contribution < -0.4 is 13.8 Å². The summed E-state index contributed by atoms with van der Waals surface area (Å²) < 4.78 is 39.2. The molecule has 3 aromatic rings. The van der Waals surface area contributed by atoms with Crippen molar-refractivity contribution in [1.82, 2.24) is 0 Å². The van der Waals surface area contributed by atoms with Gasteiger partial charge in [0.15, 0.2) is 0 Å². The number of hydrogen-bond acceptors (Lipinski definition) is 4. The van der Waals surface area contributed by atoms with Gasteiger partial charge in [0.1, 0.15) is 16.4 Å². The Hall–Kier alpha value is -2.70. The van der Waals surface area contributed by atoms with Gasteiger partial charge in [-0.15, -0.1) is 0 Å². The molecule has 0 fully saturated rings. The van der Waals surface area contributed by atoms with E-state index in [9.17, 15) is 8.42 Å². The lowest BCUT2D eigenvalue weighted by Crippen LogP contribution is -2.31. The number of halogens is 1. The number of methoxy groups -OCH3 is 2. The largest absolute Gasteiger partial charge is 0.497 e. The van der Waals surface area contributed by atoms with Crippen molar-refractivity contribution in [3.63, 3.8) is 0 Å². The Kier molecular flexibility index (Phi) is 6.35. The van der Waals surface area contributed by atoms with Crippen LogP contribution in [0.15, 0.2) is 71.6 Å². The number of rotatable bonds is 7. The lowest BCUT2D eigenvalue weighted by molar-refractivity contribution is 0.394. The molecule has 0 spiro atoms. The molecule has 0 aliphatic heterocycles. The van der Waals surface area contributed by atoms with Gasteiger partial charge in [-0.1, -0.05) is 53.6 Å². The van der Waals surface area contributed by atoms with E-state index in [0.717, 1.165) is 11.1 Å². The van der Waals surface area contributed by atoms with Crippen LogP contribution in [0.3, 0.4) is 0 Å². The summed E-state index contributed by atoms with van der Waals surface area (Å²) >= 11 is 6.23. The molecule has 0 bridgehead atoms. The predicted molar refractivity (Wildman–Crippen MR) is 116 cm³/mol. The van der Waals surface area contributed by atoms with Gasteiger partial charge in [0.2, 0.25) is 0 Å². The quantitative estimate of drug-likeness (QED) is 0.524. The number of anilines is 1. The Bertz CT molecular complexity index is 1090. The van der Waals surface area contributed by atoms with Crippen molar-refractivity contribution in [3.8, 4) is 11.5 Å². The van der Waals surface area contributed by atoms with Gasteiger partial charge in [-0.2, -0.15) is 0 Å². The highest BCUT2D eigenvalue weighted by Gasteiger charge is 2.28. The van der Waals surface area contributed by atoms with Crippen LogP contribution in [0.4, 0.5) is 5.69 Å². The zero-order valence-electron chi connectivity index (χ0n) is 16.4. The monoisotopic (exact) mass is 431 g/mol. The predicted octanol–water partition coefficient (Wildman–Crippen LogP) is 5.06. The number of ether oxygens (including phenoxy) is 2. The van der Waals surface area contributed by atoms with Crippen LogP contribution in [-0.2, 0) is 16.6 Å². The molecular formula is C22H22ClNO4S. The zero-order chi connectivity index (χ0) is 21.0. The Morgan fingerprint density at radius 2 is 1.55 bits per heavy atom. The first kappa shape index (κ1) is 21.0. The molecule has 3 aromatic carbocycles. The third-order valence-corrected chi connectivity index (χ3v) is 6.71. The standard InChI is InChI=1S/C22H22ClNO4S/c1-16-7-6-8-17(11-16)15-24(18-12-19(27-2)14-20(13-18)28-3)29(25,26)22-10-5-4-9-21(22)23/h4-14H,15H2,1-3H3. The average molecular weight is 432 g/mol. The molecular weight excluding hydrogens is 410 g/mol. The fourth-order valence-corrected chi connectivity index (χ4v) is 4.93. The molecule has 5 nitrogen and oxygen atoms in total. The van der Waals surface area contributed by atoms with Crippen LogP contribution in [0.2, 0.25) is 5.02 Å². The van der Waals surface area contributed by atoms with Crippen molar-refractivity contribution in [2.75, 3.05) is 18.5 Å². The number of benzene rings is 3. The molecule has 0 radical (unpaired) electrons. The van der Waals surface area contributed by atoms with Crippen LogP contribution >= 0.6 is 11.6 Å². The number of nitrogens with zero attached hydrogens (tertiary/aromatic N) is 1. The van der Waals surface area contributed by atoms with E-state index in [1.807, 2.05) is 31.2 Å². The fourth-order valence-electron chi connectivity index (χ4n) is 3.00. The maximum Gasteiger partial charge on any atom is 0.266 e. The topological polar surface area (TPSA) is 55.8 Å². The molecule has 0 saturated carbocycles. The van der Waals surface area contributed by atoms with E-state index in [1.54, 1.807) is 36.4 Å². The van der Waals surface area contributed by atoms with Crippen molar-refractivity contribution < 1.29 is 17.9 Å². The summed E-state index contributed by atoms with van der Waals surface area (Å²) in [5.74, 6) is 0.978. The Balaban J connectivity index is 2.18. The van der Waals surface area contributed by atoms with Gasteiger partial charge in [0.05, 0.1) is 31.5 Å². The van der Waals surface area contributed by atoms with Crippen LogP contribution in [-0.4, -0.2) is 22.6 Å². The highest BCUT2D eigenvalue weighted by Crippen LogP contribution is 2.34. The molecule has 0 saturated heterocycles. The highest BCUT2D eigenvalue weighted by atomic mass is 35.5. The van der Waals surface area contributed by atoms with E-state index in [-0.39, 0.29) is 16.5 Å². The average Bonchev–Trinajstić information content (AvgIpc) is 2.71. The second-order valence-corrected chi connectivity index (χ2v) is 8.74. The highest BCUT2D eigenvalue weighted by molar-refractivity contribution is 7.93. The van der Waals surface area contributed by atoms with Crippen molar-refractivity contribution in [1.29, 1.82) is 0 Å². The van der Waals surface area contributed by atoms with Gasteiger partial charge < -0.3 is 9.47 Å². The second-order valence-electron chi connectivity index (χ2n) is 6.50. The molecule has 3 rings (SSSR count). The SMILES string of the molecule is COc1cc(OC)cc(N(Cc2cccc(C)c2)S(=O)(=O)c2ccccc2Cl)c1. The molecule has 152 valence electrons. The molecule has 0 amide bonds. The first-order chi connectivity index (χ1) is 13.8. The number of hydrogen-bond donors (Lipinski definition) is 0. The van der Waals surface area contributed by atoms with E-state index in [1.165, 1.54) is 24.6 Å². The van der Waals surface area contributed by atoms with Crippen LogP contribution in [0, 0.1) is 6.92 Å². The molecule has 0 unspecified atom stereocenters. The summed E-state index contributed by atoms with van der Waals surface area (Å²) in [4.78, 5) is 0.0381. The summed E-state index contributed by atoms with van der Waals surface area (Å²) in [5.41, 5.74) is 2.31. The first-order valence-corrected chi connectivity index (χ1v) is 10.7. The summed E-state index contributed by atoms with van der Waals surface area (Å²) in [5, 5.41) is 0.164. The minimum absolute atomic E-state index is 0.0381. The van der Waals surface area contributed by atoms with Crippen molar-refractivity contribution in [3.05, 3.63) is 82.9 Å². The Morgan fingerprint density at radius 1 is 0.897 bits per heavy atom. The zero-order valence-corrected chi connectivity index (χ0v) is 18.0. The molecule has 0 aliphatic carbocycles. The van der Waals surface area contributed by atoms with Gasteiger partial charge >= 0.3 is 0 Å². The molecule has 0 aliphatic rings. The van der Waals surface area contributed by atoms with Gasteiger partial charge in [-0.25, -0.2) is 8.42 Å². The Labute approximate surface area is 176 Å². The lowest BCUT2D eigenvalue weighted by atomic mass is 10.1. The molecule has 0 aromatic heterocycles. The van der Waals surface area contributed by atoms with Gasteiger partial charge in [0.25, 0.3) is 10.0 Å². The van der Waals surface area contributed by atoms with Crippen molar-refractivity contribution >= 4 is 27.3 Å². The van der Waals surface area contributed by atoms with Crippen LogP contribution in [0.5, 0.6) is 11.5 Å². The third-order valence-electron chi connectivity index (χ3n) is 4.44. The van der Waals surface area contributed by atoms with E-state index < -0.39 is 10.0 Å². The normalized spacial score (nSPS) is 11.2. The van der Waals surface area contributed by atoms with Gasteiger partial charge in [-0.05, 0) is 24.6 Å². The summed E-state index contributed by atoms with van der Waals surface area (Å²) in [6.07, 6.45) is 0. The molecule has 7 heteroatoms. The van der Waals surface area contributed by atoms with Crippen molar-refractivity contribution in [2.24, 2.45) is 0 Å². The maximum atomic E-state index is 13.6. The number of sulfonamides is 1. The van der Waals surface area contributed by atoms with Crippen LogP contribution in [0.1, 0.15) is 11.1 Å². The van der Waals surface area contributed by atoms with E-state index in [0.29, 0.717) is 17.2 Å². The van der Waals surface area contributed by atoms with Gasteiger partial charge in [-0.3, -0.25) is 4.31 Å². The first-order valence-electron chi connectivity index (χ1n) is 8.91. The number of aryl methyl sites for hydroxylation is 1. The Morgan fingerprint density at radius 3 is 2.14 bits per heavy atom. The fraction of sp³-hybridized carbons (Fsp3) is 0.182. The summed E-state index contributed by atoms with van der Waals surface area (Å²) in [7, 11) is -0.916. The third kappa shape index (κ3) is 4.66. The van der Waals surface area contributed by atoms with Crippen molar-refractivity contribution in [2.45, 2.75) is 18.4 Å². The molecule has 29 heavy (non-hydrogen) atoms. The lowest BCUT2D eigenvalue weighted by Gasteiger charge is -2.26. The summed E-state index contributed by atoms with van der Waals surface area (Å²) in [6, 6.07) is 19.1. The minimum Gasteiger partial charge on any atom is -0.497 e.